The Bertz CT molecular complexity index is 137. The van der Waals surface area contributed by atoms with Gasteiger partial charge in [-0.25, -0.2) is 4.99 Å². The van der Waals surface area contributed by atoms with Gasteiger partial charge in [-0.15, -0.1) is 0 Å². The Morgan fingerprint density at radius 3 is 3.00 bits per heavy atom. The van der Waals surface area contributed by atoms with Crippen LogP contribution >= 0.6 is 0 Å². The van der Waals surface area contributed by atoms with Gasteiger partial charge in [-0.3, -0.25) is 0 Å². The van der Waals surface area contributed by atoms with Crippen molar-refractivity contribution >= 4 is 5.97 Å². The summed E-state index contributed by atoms with van der Waals surface area (Å²) >= 11 is 0. The Morgan fingerprint density at radius 1 is 1.88 bits per heavy atom. The van der Waals surface area contributed by atoms with E-state index in [1.165, 1.54) is 6.20 Å². The molecule has 0 amide bonds. The van der Waals surface area contributed by atoms with E-state index in [1.807, 2.05) is 13.0 Å². The topological polar surface area (TPSA) is 12.4 Å². The molecule has 0 spiro atoms. The van der Waals surface area contributed by atoms with Crippen molar-refractivity contribution < 1.29 is 4.39 Å². The first kappa shape index (κ1) is 5.48. The van der Waals surface area contributed by atoms with Crippen LogP contribution < -0.4 is 0 Å². The summed E-state index contributed by atoms with van der Waals surface area (Å²) in [6.45, 7) is 1.82. The van der Waals surface area contributed by atoms with Crippen LogP contribution in [-0.2, 0) is 0 Å². The molecule has 0 fully saturated rings. The van der Waals surface area contributed by atoms with Crippen molar-refractivity contribution in [2.75, 3.05) is 0 Å². The van der Waals surface area contributed by atoms with Gasteiger partial charge in [0.05, 0.1) is 0 Å². The summed E-state index contributed by atoms with van der Waals surface area (Å²) in [7, 11) is 0. The van der Waals surface area contributed by atoms with E-state index in [9.17, 15) is 4.39 Å². The minimum Gasteiger partial charge on any atom is -0.232 e. The summed E-state index contributed by atoms with van der Waals surface area (Å²) in [5.74, 6) is -0.243. The monoisotopic (exact) mass is 113 g/mol. The molecule has 0 N–H and O–H groups in total. The van der Waals surface area contributed by atoms with Gasteiger partial charge >= 0.3 is 0 Å². The molecule has 0 aromatic rings. The molecule has 1 rings (SSSR count). The standard InChI is InChI=1S/C6H8FN/c1-5-3-2-4-8-6(5)7/h2,4-5H,3H2,1H3. The number of hydrogen-bond donors (Lipinski definition) is 0. The second-order valence-corrected chi connectivity index (χ2v) is 1.97. The second-order valence-electron chi connectivity index (χ2n) is 1.97. The maximum atomic E-state index is 12.3. The smallest absolute Gasteiger partial charge is 0.192 e. The molecule has 44 valence electrons. The summed E-state index contributed by atoms with van der Waals surface area (Å²) in [5, 5.41) is 0. The van der Waals surface area contributed by atoms with Crippen molar-refractivity contribution in [3.8, 4) is 0 Å². The van der Waals surface area contributed by atoms with Gasteiger partial charge in [0, 0.05) is 12.1 Å². The van der Waals surface area contributed by atoms with E-state index in [0.717, 1.165) is 6.42 Å². The molecule has 1 heterocycles. The molecule has 8 heavy (non-hydrogen) atoms. The molecule has 0 saturated carbocycles. The summed E-state index contributed by atoms with van der Waals surface area (Å²) in [6, 6.07) is 0. The highest BCUT2D eigenvalue weighted by molar-refractivity contribution is 5.78. The Morgan fingerprint density at radius 2 is 2.62 bits per heavy atom. The zero-order chi connectivity index (χ0) is 5.98. The van der Waals surface area contributed by atoms with Crippen molar-refractivity contribution in [3.63, 3.8) is 0 Å². The van der Waals surface area contributed by atoms with Gasteiger partial charge in [0.1, 0.15) is 0 Å². The van der Waals surface area contributed by atoms with E-state index in [-0.39, 0.29) is 11.9 Å². The molecule has 0 aromatic carbocycles. The minimum absolute atomic E-state index is 0.000000000000000222. The van der Waals surface area contributed by atoms with Crippen molar-refractivity contribution in [3.05, 3.63) is 12.3 Å². The van der Waals surface area contributed by atoms with Crippen LogP contribution in [0.3, 0.4) is 0 Å². The van der Waals surface area contributed by atoms with Crippen molar-refractivity contribution in [1.82, 2.24) is 0 Å². The zero-order valence-corrected chi connectivity index (χ0v) is 4.76. The van der Waals surface area contributed by atoms with Gasteiger partial charge in [0.15, 0.2) is 5.97 Å². The van der Waals surface area contributed by atoms with Crippen LogP contribution in [-0.4, -0.2) is 5.97 Å². The highest BCUT2D eigenvalue weighted by atomic mass is 19.1. The molecule has 0 saturated heterocycles. The molecule has 1 aliphatic heterocycles. The van der Waals surface area contributed by atoms with Gasteiger partial charge in [-0.2, -0.15) is 4.39 Å². The van der Waals surface area contributed by atoms with E-state index >= 15 is 0 Å². The summed E-state index contributed by atoms with van der Waals surface area (Å²) in [6.07, 6.45) is 4.17. The van der Waals surface area contributed by atoms with Gasteiger partial charge < -0.3 is 0 Å². The molecule has 0 aromatic heterocycles. The Hall–Kier alpha value is -0.660. The maximum absolute atomic E-state index is 12.3. The Labute approximate surface area is 47.9 Å². The first-order valence-corrected chi connectivity index (χ1v) is 2.69. The van der Waals surface area contributed by atoms with Crippen LogP contribution in [0.1, 0.15) is 13.3 Å². The quantitative estimate of drug-likeness (QED) is 0.455. The molecule has 1 unspecified atom stereocenters. The Balaban J connectivity index is 2.66. The third-order valence-corrected chi connectivity index (χ3v) is 1.20. The van der Waals surface area contributed by atoms with Crippen molar-refractivity contribution in [2.45, 2.75) is 13.3 Å². The molecule has 1 atom stereocenters. The van der Waals surface area contributed by atoms with Crippen LogP contribution in [0.4, 0.5) is 4.39 Å². The lowest BCUT2D eigenvalue weighted by molar-refractivity contribution is 0.645. The lowest BCUT2D eigenvalue weighted by Crippen LogP contribution is -2.05. The van der Waals surface area contributed by atoms with Crippen molar-refractivity contribution in [1.29, 1.82) is 0 Å². The normalized spacial score (nSPS) is 27.8. The van der Waals surface area contributed by atoms with Crippen LogP contribution in [0.5, 0.6) is 0 Å². The van der Waals surface area contributed by atoms with E-state index < -0.39 is 0 Å². The first-order valence-electron chi connectivity index (χ1n) is 2.69. The third-order valence-electron chi connectivity index (χ3n) is 1.20. The highest BCUT2D eigenvalue weighted by Crippen LogP contribution is 2.11. The summed E-state index contributed by atoms with van der Waals surface area (Å²) < 4.78 is 12.3. The SMILES string of the molecule is CC1CC=CN=C1F. The van der Waals surface area contributed by atoms with E-state index in [1.54, 1.807) is 0 Å². The Kier molecular flexibility index (Phi) is 1.42. The van der Waals surface area contributed by atoms with Crippen molar-refractivity contribution in [2.24, 2.45) is 10.9 Å². The lowest BCUT2D eigenvalue weighted by Gasteiger charge is -2.05. The number of allylic oxidation sites excluding steroid dienone is 1. The second kappa shape index (κ2) is 2.07. The fraction of sp³-hybridized carbons (Fsp3) is 0.500. The van der Waals surface area contributed by atoms with Gasteiger partial charge in [0.2, 0.25) is 0 Å². The molecule has 1 aliphatic rings. The number of rotatable bonds is 0. The average molecular weight is 113 g/mol. The zero-order valence-electron chi connectivity index (χ0n) is 4.76. The van der Waals surface area contributed by atoms with E-state index in [0.29, 0.717) is 0 Å². The minimum atomic E-state index is -0.243. The van der Waals surface area contributed by atoms with Gasteiger partial charge in [0.25, 0.3) is 0 Å². The molecular formula is C6H8FN. The maximum Gasteiger partial charge on any atom is 0.192 e. The fourth-order valence-corrected chi connectivity index (χ4v) is 0.613. The molecule has 0 aliphatic carbocycles. The third kappa shape index (κ3) is 0.941. The van der Waals surface area contributed by atoms with Crippen LogP contribution in [0.15, 0.2) is 17.3 Å². The lowest BCUT2D eigenvalue weighted by atomic mass is 10.1. The van der Waals surface area contributed by atoms with Crippen LogP contribution in [0.2, 0.25) is 0 Å². The van der Waals surface area contributed by atoms with Crippen LogP contribution in [0, 0.1) is 5.92 Å². The molecule has 0 bridgehead atoms. The largest absolute Gasteiger partial charge is 0.232 e. The predicted octanol–water partition coefficient (Wildman–Crippen LogP) is 1.91. The molecular weight excluding hydrogens is 105 g/mol. The molecule has 1 nitrogen and oxygen atoms in total. The fourth-order valence-electron chi connectivity index (χ4n) is 0.613. The number of nitrogens with zero attached hydrogens (tertiary/aromatic N) is 1. The summed E-state index contributed by atoms with van der Waals surface area (Å²) in [5.41, 5.74) is 0. The van der Waals surface area contributed by atoms with E-state index in [2.05, 4.69) is 4.99 Å². The number of aliphatic imine (C=N–C) groups is 1. The van der Waals surface area contributed by atoms with Gasteiger partial charge in [-0.1, -0.05) is 13.0 Å². The average Bonchev–Trinajstić information content (AvgIpc) is 1.77. The van der Waals surface area contributed by atoms with E-state index in [4.69, 9.17) is 0 Å². The predicted molar refractivity (Wildman–Crippen MR) is 31.5 cm³/mol. The number of hydrogen-bond acceptors (Lipinski definition) is 1. The number of halogens is 1. The first-order chi connectivity index (χ1) is 3.80. The summed E-state index contributed by atoms with van der Waals surface area (Å²) in [4.78, 5) is 3.48. The highest BCUT2D eigenvalue weighted by Gasteiger charge is 2.08. The van der Waals surface area contributed by atoms with Gasteiger partial charge in [-0.05, 0) is 6.42 Å². The molecule has 2 heteroatoms. The molecule has 0 radical (unpaired) electrons. The van der Waals surface area contributed by atoms with Crippen LogP contribution in [0.25, 0.3) is 0 Å².